The van der Waals surface area contributed by atoms with Crippen LogP contribution in [-0.4, -0.2) is 168 Å². The fraction of sp³-hybridized carbons (Fsp3) is 1.00. The lowest BCUT2D eigenvalue weighted by atomic mass is 10.3. The maximum absolute atomic E-state index is 9.22. The standard InChI is InChI=1S/C24H54N4O6/c29-19-1-7-25(8-2-20-30)13-16-28(17-14-26(9-3-21-31)10-4-22-32)18-15-27(11-5-23-33)12-6-24-34/h29-34H,1-24H2. The Morgan fingerprint density at radius 1 is 0.235 bits per heavy atom. The third-order valence-corrected chi connectivity index (χ3v) is 5.99. The number of nitrogens with zero attached hydrogens (tertiary/aromatic N) is 4. The van der Waals surface area contributed by atoms with Gasteiger partial charge in [0.05, 0.1) is 0 Å². The van der Waals surface area contributed by atoms with Crippen molar-refractivity contribution in [2.45, 2.75) is 38.5 Å². The molecule has 0 fully saturated rings. The highest BCUT2D eigenvalue weighted by atomic mass is 16.3. The summed E-state index contributed by atoms with van der Waals surface area (Å²) in [5, 5.41) is 55.3. The summed E-state index contributed by atoms with van der Waals surface area (Å²) in [6.07, 6.45) is 4.32. The Balaban J connectivity index is 5.02. The van der Waals surface area contributed by atoms with Crippen molar-refractivity contribution in [1.82, 2.24) is 19.6 Å². The Labute approximate surface area is 207 Å². The van der Waals surface area contributed by atoms with E-state index in [-0.39, 0.29) is 39.6 Å². The molecular formula is C24H54N4O6. The maximum Gasteiger partial charge on any atom is 0.0443 e. The van der Waals surface area contributed by atoms with Crippen molar-refractivity contribution >= 4 is 0 Å². The van der Waals surface area contributed by atoms with Gasteiger partial charge in [0.15, 0.2) is 0 Å². The average Bonchev–Trinajstić information content (AvgIpc) is 2.86. The molecule has 0 saturated carbocycles. The van der Waals surface area contributed by atoms with E-state index < -0.39 is 0 Å². The lowest BCUT2D eigenvalue weighted by Gasteiger charge is -2.32. The molecule has 0 unspecified atom stereocenters. The lowest BCUT2D eigenvalue weighted by molar-refractivity contribution is 0.134. The summed E-state index contributed by atoms with van der Waals surface area (Å²) in [4.78, 5) is 9.32. The molecule has 0 aromatic heterocycles. The van der Waals surface area contributed by atoms with E-state index in [2.05, 4.69) is 19.6 Å². The predicted molar refractivity (Wildman–Crippen MR) is 136 cm³/mol. The first-order chi connectivity index (χ1) is 16.6. The molecule has 0 spiro atoms. The van der Waals surface area contributed by atoms with Crippen molar-refractivity contribution < 1.29 is 30.6 Å². The Morgan fingerprint density at radius 3 is 0.529 bits per heavy atom. The van der Waals surface area contributed by atoms with Gasteiger partial charge >= 0.3 is 0 Å². The van der Waals surface area contributed by atoms with Crippen LogP contribution in [0.1, 0.15) is 38.5 Å². The highest BCUT2D eigenvalue weighted by Crippen LogP contribution is 2.02. The van der Waals surface area contributed by atoms with E-state index in [9.17, 15) is 30.6 Å². The molecule has 6 N–H and O–H groups in total. The number of aliphatic hydroxyl groups is 6. The summed E-state index contributed by atoms with van der Waals surface area (Å²) in [6, 6.07) is 0. The zero-order chi connectivity index (χ0) is 25.3. The summed E-state index contributed by atoms with van der Waals surface area (Å²) in [6.45, 7) is 11.0. The van der Waals surface area contributed by atoms with Crippen LogP contribution in [0, 0.1) is 0 Å². The van der Waals surface area contributed by atoms with Gasteiger partial charge in [-0.3, -0.25) is 4.90 Å². The highest BCUT2D eigenvalue weighted by Gasteiger charge is 2.14. The molecule has 10 nitrogen and oxygen atoms in total. The summed E-state index contributed by atoms with van der Waals surface area (Å²) in [7, 11) is 0. The lowest BCUT2D eigenvalue weighted by Crippen LogP contribution is -2.44. The molecule has 0 aromatic rings. The van der Waals surface area contributed by atoms with Gasteiger partial charge in [0.25, 0.3) is 0 Å². The van der Waals surface area contributed by atoms with Gasteiger partial charge in [0.2, 0.25) is 0 Å². The van der Waals surface area contributed by atoms with E-state index in [1.165, 1.54) is 0 Å². The molecule has 34 heavy (non-hydrogen) atoms. The van der Waals surface area contributed by atoms with Crippen LogP contribution in [0.2, 0.25) is 0 Å². The molecule has 0 amide bonds. The van der Waals surface area contributed by atoms with Crippen LogP contribution in [0.4, 0.5) is 0 Å². The Kier molecular flexibility index (Phi) is 25.4. The third-order valence-electron chi connectivity index (χ3n) is 5.99. The predicted octanol–water partition coefficient (Wildman–Crippen LogP) is -1.51. The summed E-state index contributed by atoms with van der Waals surface area (Å²) < 4.78 is 0. The molecule has 206 valence electrons. The van der Waals surface area contributed by atoms with Crippen LogP contribution in [0.15, 0.2) is 0 Å². The molecule has 10 heteroatoms. The molecule has 0 bridgehead atoms. The Hall–Kier alpha value is -0.400. The first-order valence-electron chi connectivity index (χ1n) is 13.2. The zero-order valence-electron chi connectivity index (χ0n) is 21.4. The minimum atomic E-state index is 0.161. The second kappa shape index (κ2) is 25.7. The van der Waals surface area contributed by atoms with Gasteiger partial charge in [-0.05, 0) is 38.5 Å². The van der Waals surface area contributed by atoms with Gasteiger partial charge in [0.1, 0.15) is 0 Å². The first-order valence-corrected chi connectivity index (χ1v) is 13.2. The van der Waals surface area contributed by atoms with Gasteiger partial charge in [-0.2, -0.15) is 0 Å². The quantitative estimate of drug-likeness (QED) is 0.0800. The van der Waals surface area contributed by atoms with E-state index in [0.29, 0.717) is 0 Å². The van der Waals surface area contributed by atoms with Crippen molar-refractivity contribution in [3.8, 4) is 0 Å². The number of hydrogen-bond acceptors (Lipinski definition) is 10. The molecular weight excluding hydrogens is 440 g/mol. The van der Waals surface area contributed by atoms with Crippen LogP contribution in [0.25, 0.3) is 0 Å². The molecule has 0 heterocycles. The van der Waals surface area contributed by atoms with Crippen molar-refractivity contribution in [2.75, 3.05) is 118 Å². The van der Waals surface area contributed by atoms with Crippen LogP contribution in [0.3, 0.4) is 0 Å². The average molecular weight is 495 g/mol. The molecule has 0 aliphatic heterocycles. The van der Waals surface area contributed by atoms with Crippen LogP contribution >= 0.6 is 0 Å². The topological polar surface area (TPSA) is 134 Å². The fourth-order valence-electron chi connectivity index (χ4n) is 3.96. The minimum absolute atomic E-state index is 0.161. The van der Waals surface area contributed by atoms with Gasteiger partial charge in [-0.15, -0.1) is 0 Å². The van der Waals surface area contributed by atoms with E-state index in [4.69, 9.17) is 0 Å². The summed E-state index contributed by atoms with van der Waals surface area (Å²) in [5.74, 6) is 0. The van der Waals surface area contributed by atoms with E-state index in [1.807, 2.05) is 0 Å². The number of aliphatic hydroxyl groups excluding tert-OH is 6. The second-order valence-electron chi connectivity index (χ2n) is 8.83. The van der Waals surface area contributed by atoms with Crippen LogP contribution in [0.5, 0.6) is 0 Å². The largest absolute Gasteiger partial charge is 0.396 e. The summed E-state index contributed by atoms with van der Waals surface area (Å²) in [5.41, 5.74) is 0. The normalized spacial score (nSPS) is 12.2. The molecule has 0 atom stereocenters. The molecule has 0 aliphatic rings. The Morgan fingerprint density at radius 2 is 0.382 bits per heavy atom. The maximum atomic E-state index is 9.22. The van der Waals surface area contributed by atoms with Crippen molar-refractivity contribution in [3.05, 3.63) is 0 Å². The molecule has 0 saturated heterocycles. The SMILES string of the molecule is OCCCN(CCCO)CCN(CCN(CCCO)CCCO)CCN(CCCO)CCCO. The smallest absolute Gasteiger partial charge is 0.0443 e. The van der Waals surface area contributed by atoms with Crippen molar-refractivity contribution in [3.63, 3.8) is 0 Å². The molecule has 0 radical (unpaired) electrons. The van der Waals surface area contributed by atoms with Crippen molar-refractivity contribution in [2.24, 2.45) is 0 Å². The zero-order valence-corrected chi connectivity index (χ0v) is 21.4. The van der Waals surface area contributed by atoms with Crippen molar-refractivity contribution in [1.29, 1.82) is 0 Å². The monoisotopic (exact) mass is 494 g/mol. The number of hydrogen-bond donors (Lipinski definition) is 6. The second-order valence-corrected chi connectivity index (χ2v) is 8.83. The molecule has 0 aromatic carbocycles. The van der Waals surface area contributed by atoms with Crippen LogP contribution in [-0.2, 0) is 0 Å². The first kappa shape index (κ1) is 33.6. The third kappa shape index (κ3) is 19.9. The molecule has 0 aliphatic carbocycles. The van der Waals surface area contributed by atoms with E-state index in [1.54, 1.807) is 0 Å². The minimum Gasteiger partial charge on any atom is -0.396 e. The molecule has 0 rings (SSSR count). The highest BCUT2D eigenvalue weighted by molar-refractivity contribution is 4.70. The van der Waals surface area contributed by atoms with E-state index >= 15 is 0 Å². The van der Waals surface area contributed by atoms with Gasteiger partial charge in [0, 0.05) is 118 Å². The Bertz CT molecular complexity index is 331. The fourth-order valence-corrected chi connectivity index (χ4v) is 3.96. The van der Waals surface area contributed by atoms with E-state index in [0.717, 1.165) is 117 Å². The van der Waals surface area contributed by atoms with Gasteiger partial charge < -0.3 is 45.3 Å². The van der Waals surface area contributed by atoms with Crippen LogP contribution < -0.4 is 0 Å². The van der Waals surface area contributed by atoms with Gasteiger partial charge in [-0.25, -0.2) is 0 Å². The summed E-state index contributed by atoms with van der Waals surface area (Å²) >= 11 is 0. The number of rotatable bonds is 27. The van der Waals surface area contributed by atoms with Gasteiger partial charge in [-0.1, -0.05) is 0 Å².